The van der Waals surface area contributed by atoms with Gasteiger partial charge in [0.1, 0.15) is 17.2 Å². The maximum absolute atomic E-state index is 10.2. The zero-order chi connectivity index (χ0) is 19.9. The first-order chi connectivity index (χ1) is 13.3. The van der Waals surface area contributed by atoms with E-state index in [0.717, 1.165) is 11.1 Å². The monoisotopic (exact) mass is 413 g/mol. The molecular weight excluding hydrogens is 397 g/mol. The van der Waals surface area contributed by atoms with Gasteiger partial charge in [-0.3, -0.25) is 0 Å². The van der Waals surface area contributed by atoms with Gasteiger partial charge >= 0.3 is 0 Å². The highest BCUT2D eigenvalue weighted by Gasteiger charge is 2.18. The highest BCUT2D eigenvalue weighted by Crippen LogP contribution is 2.35. The Hall–Kier alpha value is -2.67. The molecule has 0 amide bonds. The maximum Gasteiger partial charge on any atom is 0.159 e. The fourth-order valence-corrected chi connectivity index (χ4v) is 3.45. The van der Waals surface area contributed by atoms with Crippen molar-refractivity contribution < 1.29 is 5.11 Å². The average Bonchev–Trinajstić information content (AvgIpc) is 3.06. The predicted octanol–water partition coefficient (Wildman–Crippen LogP) is 5.30. The molecule has 28 heavy (non-hydrogen) atoms. The van der Waals surface area contributed by atoms with Crippen molar-refractivity contribution in [3.05, 3.63) is 64.4 Å². The molecule has 0 atom stereocenters. The fraction of sp³-hybridized carbons (Fsp3) is 0.150. The molecule has 0 aliphatic heterocycles. The summed E-state index contributed by atoms with van der Waals surface area (Å²) in [6.07, 6.45) is 3.30. The number of aromatic amines is 1. The Kier molecular flexibility index (Phi) is 4.71. The van der Waals surface area contributed by atoms with Crippen LogP contribution in [0.5, 0.6) is 0 Å². The van der Waals surface area contributed by atoms with E-state index in [0.29, 0.717) is 38.6 Å². The van der Waals surface area contributed by atoms with Crippen molar-refractivity contribution >= 4 is 45.9 Å². The summed E-state index contributed by atoms with van der Waals surface area (Å²) in [6.45, 7) is 3.44. The minimum absolute atomic E-state index is 0.508. The molecule has 3 N–H and O–H groups in total. The number of nitrogens with zero attached hydrogens (tertiary/aromatic N) is 3. The largest absolute Gasteiger partial charge is 0.386 e. The van der Waals surface area contributed by atoms with Gasteiger partial charge in [0.25, 0.3) is 0 Å². The van der Waals surface area contributed by atoms with Gasteiger partial charge in [0.05, 0.1) is 26.7 Å². The molecule has 0 aliphatic carbocycles. The summed E-state index contributed by atoms with van der Waals surface area (Å²) >= 11 is 12.6. The Bertz CT molecular complexity index is 1150. The molecule has 4 rings (SSSR count). The van der Waals surface area contributed by atoms with Gasteiger partial charge in [-0.2, -0.15) is 0 Å². The molecule has 0 saturated carbocycles. The maximum atomic E-state index is 10.2. The first-order valence-electron chi connectivity index (χ1n) is 8.58. The molecular formula is C20H17Cl2N5O. The molecule has 0 fully saturated rings. The van der Waals surface area contributed by atoms with E-state index in [4.69, 9.17) is 23.2 Å². The fourth-order valence-electron chi connectivity index (χ4n) is 2.87. The van der Waals surface area contributed by atoms with Crippen LogP contribution in [-0.2, 0) is 5.60 Å². The Morgan fingerprint density at radius 1 is 1.04 bits per heavy atom. The molecule has 0 spiro atoms. The van der Waals surface area contributed by atoms with Crippen LogP contribution in [0, 0.1) is 0 Å². The number of H-pyrrole nitrogens is 1. The number of benzene rings is 1. The topological polar surface area (TPSA) is 86.7 Å². The first kappa shape index (κ1) is 18.7. The van der Waals surface area contributed by atoms with Crippen molar-refractivity contribution in [3.8, 4) is 11.4 Å². The number of nitrogens with one attached hydrogen (secondary N) is 2. The van der Waals surface area contributed by atoms with Gasteiger partial charge in [-0.05, 0) is 49.7 Å². The normalized spacial score (nSPS) is 11.8. The number of aromatic nitrogens is 4. The standard InChI is InChI=1S/C20H17Cl2N5O/c1-20(2,28)11-6-8-23-15(10-11)26-19-17-14(7-9-24-19)25-18(27-17)16-12(21)4-3-5-13(16)22/h3-10,28H,1-2H3,(H,25,27)(H,23,24,26). The third-order valence-electron chi connectivity index (χ3n) is 4.31. The van der Waals surface area contributed by atoms with Gasteiger partial charge in [0, 0.05) is 12.4 Å². The van der Waals surface area contributed by atoms with Crippen LogP contribution >= 0.6 is 23.2 Å². The Labute approximate surface area is 171 Å². The summed E-state index contributed by atoms with van der Waals surface area (Å²) < 4.78 is 0. The van der Waals surface area contributed by atoms with Crippen LogP contribution in [0.1, 0.15) is 19.4 Å². The predicted molar refractivity (Wildman–Crippen MR) is 112 cm³/mol. The second-order valence-electron chi connectivity index (χ2n) is 6.85. The number of hydrogen-bond donors (Lipinski definition) is 3. The summed E-state index contributed by atoms with van der Waals surface area (Å²) in [5.74, 6) is 1.64. The van der Waals surface area contributed by atoms with Crippen molar-refractivity contribution in [2.45, 2.75) is 19.4 Å². The quantitative estimate of drug-likeness (QED) is 0.422. The molecule has 0 bridgehead atoms. The van der Waals surface area contributed by atoms with E-state index < -0.39 is 5.60 Å². The van der Waals surface area contributed by atoms with Crippen LogP contribution in [0.3, 0.4) is 0 Å². The SMILES string of the molecule is CC(C)(O)c1ccnc(Nc2nccc3[nH]c(-c4c(Cl)cccc4Cl)nc23)c1. The van der Waals surface area contributed by atoms with E-state index in [9.17, 15) is 5.11 Å². The van der Waals surface area contributed by atoms with Crippen LogP contribution < -0.4 is 5.32 Å². The van der Waals surface area contributed by atoms with Crippen LogP contribution in [0.2, 0.25) is 10.0 Å². The number of fused-ring (bicyclic) bond motifs is 1. The summed E-state index contributed by atoms with van der Waals surface area (Å²) in [5.41, 5.74) is 1.81. The van der Waals surface area contributed by atoms with Crippen molar-refractivity contribution in [2.24, 2.45) is 0 Å². The van der Waals surface area contributed by atoms with Crippen molar-refractivity contribution in [2.75, 3.05) is 5.32 Å². The van der Waals surface area contributed by atoms with Gasteiger partial charge in [-0.15, -0.1) is 0 Å². The summed E-state index contributed by atoms with van der Waals surface area (Å²) in [7, 11) is 0. The molecule has 142 valence electrons. The minimum atomic E-state index is -0.973. The van der Waals surface area contributed by atoms with Gasteiger partial charge < -0.3 is 15.4 Å². The molecule has 0 radical (unpaired) electrons. The van der Waals surface area contributed by atoms with Crippen molar-refractivity contribution in [3.63, 3.8) is 0 Å². The third kappa shape index (κ3) is 3.54. The van der Waals surface area contributed by atoms with Gasteiger partial charge in [0.15, 0.2) is 5.82 Å². The molecule has 1 aromatic carbocycles. The Morgan fingerprint density at radius 2 is 1.75 bits per heavy atom. The van der Waals surface area contributed by atoms with Crippen LogP contribution in [0.15, 0.2) is 48.8 Å². The van der Waals surface area contributed by atoms with Gasteiger partial charge in [-0.1, -0.05) is 29.3 Å². The molecule has 0 unspecified atom stereocenters. The lowest BCUT2D eigenvalue weighted by molar-refractivity contribution is 0.0786. The molecule has 6 nitrogen and oxygen atoms in total. The number of hydrogen-bond acceptors (Lipinski definition) is 5. The highest BCUT2D eigenvalue weighted by molar-refractivity contribution is 6.39. The molecule has 8 heteroatoms. The van der Waals surface area contributed by atoms with Gasteiger partial charge in [-0.25, -0.2) is 15.0 Å². The molecule has 3 heterocycles. The number of anilines is 2. The number of imidazole rings is 1. The molecule has 0 aliphatic rings. The third-order valence-corrected chi connectivity index (χ3v) is 4.94. The average molecular weight is 414 g/mol. The zero-order valence-corrected chi connectivity index (χ0v) is 16.7. The van der Waals surface area contributed by atoms with Gasteiger partial charge in [0.2, 0.25) is 0 Å². The molecule has 4 aromatic rings. The van der Waals surface area contributed by atoms with E-state index in [1.807, 2.05) is 6.07 Å². The van der Waals surface area contributed by atoms with E-state index in [1.165, 1.54) is 0 Å². The van der Waals surface area contributed by atoms with E-state index in [2.05, 4.69) is 25.3 Å². The van der Waals surface area contributed by atoms with E-state index in [-0.39, 0.29) is 0 Å². The Balaban J connectivity index is 1.77. The van der Waals surface area contributed by atoms with Crippen LogP contribution in [0.25, 0.3) is 22.4 Å². The highest BCUT2D eigenvalue weighted by atomic mass is 35.5. The molecule has 3 aromatic heterocycles. The second-order valence-corrected chi connectivity index (χ2v) is 7.67. The lowest BCUT2D eigenvalue weighted by Crippen LogP contribution is -2.15. The Morgan fingerprint density at radius 3 is 2.46 bits per heavy atom. The first-order valence-corrected chi connectivity index (χ1v) is 9.33. The lowest BCUT2D eigenvalue weighted by Gasteiger charge is -2.18. The number of halogens is 2. The summed E-state index contributed by atoms with van der Waals surface area (Å²) in [5, 5.41) is 14.4. The minimum Gasteiger partial charge on any atom is -0.386 e. The van der Waals surface area contributed by atoms with E-state index >= 15 is 0 Å². The number of pyridine rings is 2. The van der Waals surface area contributed by atoms with E-state index in [1.54, 1.807) is 56.6 Å². The van der Waals surface area contributed by atoms with Crippen molar-refractivity contribution in [1.82, 2.24) is 19.9 Å². The smallest absolute Gasteiger partial charge is 0.159 e. The van der Waals surface area contributed by atoms with Crippen molar-refractivity contribution in [1.29, 1.82) is 0 Å². The lowest BCUT2D eigenvalue weighted by atomic mass is 10.00. The number of rotatable bonds is 4. The summed E-state index contributed by atoms with van der Waals surface area (Å²) in [6, 6.07) is 10.7. The summed E-state index contributed by atoms with van der Waals surface area (Å²) in [4.78, 5) is 16.6. The zero-order valence-electron chi connectivity index (χ0n) is 15.2. The second kappa shape index (κ2) is 7.05. The number of aliphatic hydroxyl groups is 1. The van der Waals surface area contributed by atoms with Crippen LogP contribution in [0.4, 0.5) is 11.6 Å². The van der Waals surface area contributed by atoms with Crippen LogP contribution in [-0.4, -0.2) is 25.0 Å². The molecule has 0 saturated heterocycles.